The summed E-state index contributed by atoms with van der Waals surface area (Å²) in [6, 6.07) is 78.9. The Hall–Kier alpha value is -8.85. The van der Waals surface area contributed by atoms with Gasteiger partial charge in [-0.25, -0.2) is 0 Å². The molecule has 12 aromatic rings. The second kappa shape index (κ2) is 14.1. The van der Waals surface area contributed by atoms with E-state index in [1.54, 1.807) is 0 Å². The summed E-state index contributed by atoms with van der Waals surface area (Å²) in [7, 11) is 0. The maximum absolute atomic E-state index is 11.9. The SMILES string of the molecule is N#Cc1c(N2c3ccccc3C3=Cc4c(c5ccccc5n4-c4ccccc4)CC32)cc(-c2ccccc2)cc1-n1c2ccccc2c2ccc3c(c4ccccc4n3-c3ccccc3)c21. The van der Waals surface area contributed by atoms with Crippen LogP contribution in [0.3, 0.4) is 0 Å². The molecule has 14 rings (SSSR count). The number of hydrogen-bond acceptors (Lipinski definition) is 2. The van der Waals surface area contributed by atoms with Crippen LogP contribution in [0.1, 0.15) is 22.4 Å². The number of fused-ring (bicyclic) bond motifs is 13. The highest BCUT2D eigenvalue weighted by Crippen LogP contribution is 2.53. The quantitative estimate of drug-likeness (QED) is 0.173. The van der Waals surface area contributed by atoms with E-state index in [0.717, 1.165) is 84.2 Å². The van der Waals surface area contributed by atoms with Gasteiger partial charge in [0.05, 0.1) is 56.3 Å². The summed E-state index contributed by atoms with van der Waals surface area (Å²) in [6.07, 6.45) is 3.20. The van der Waals surface area contributed by atoms with Gasteiger partial charge in [-0.2, -0.15) is 5.26 Å². The van der Waals surface area contributed by atoms with E-state index in [2.05, 4.69) is 243 Å². The molecule has 9 aromatic carbocycles. The molecule has 0 spiro atoms. The van der Waals surface area contributed by atoms with Crippen LogP contribution in [0.2, 0.25) is 0 Å². The highest BCUT2D eigenvalue weighted by molar-refractivity contribution is 6.26. The third-order valence-electron chi connectivity index (χ3n) is 14.2. The normalized spacial score (nSPS) is 14.2. The Labute approximate surface area is 381 Å². The summed E-state index contributed by atoms with van der Waals surface area (Å²) in [5.41, 5.74) is 18.5. The Bertz CT molecular complexity index is 4030. The highest BCUT2D eigenvalue weighted by Gasteiger charge is 2.41. The van der Waals surface area contributed by atoms with Crippen molar-refractivity contribution >= 4 is 77.5 Å². The van der Waals surface area contributed by atoms with Crippen LogP contribution in [0.25, 0.3) is 94.4 Å². The van der Waals surface area contributed by atoms with Crippen LogP contribution in [0.4, 0.5) is 11.4 Å². The summed E-state index contributed by atoms with van der Waals surface area (Å²) < 4.78 is 7.20. The van der Waals surface area contributed by atoms with Gasteiger partial charge in [0.25, 0.3) is 0 Å². The molecular weight excluding hydrogens is 803 g/mol. The molecule has 4 heterocycles. The van der Waals surface area contributed by atoms with Crippen molar-refractivity contribution < 1.29 is 0 Å². The van der Waals surface area contributed by atoms with Crippen LogP contribution in [0.15, 0.2) is 212 Å². The molecule has 0 N–H and O–H groups in total. The maximum Gasteiger partial charge on any atom is 0.104 e. The van der Waals surface area contributed by atoms with Gasteiger partial charge in [0.1, 0.15) is 6.07 Å². The van der Waals surface area contributed by atoms with Crippen LogP contribution in [0.5, 0.6) is 0 Å². The van der Waals surface area contributed by atoms with Crippen molar-refractivity contribution in [2.45, 2.75) is 12.5 Å². The average molecular weight is 842 g/mol. The standard InChI is InChI=1S/C61H39N5/c62-38-50-56(65-52-29-15-12-26-45(52)49-36-58-48(37-59(49)65)44-25-11-14-28-51(44)64(58)42-22-8-3-9-23-42)34-40(39-18-4-1-5-19-39)35-57(50)66-53-30-16-10-24-43(53)46-32-33-55-60(61(46)66)47-27-13-17-31-54(47)63(55)41-20-6-2-7-21-41/h1-36,59H,37H2. The van der Waals surface area contributed by atoms with Gasteiger partial charge in [0.2, 0.25) is 0 Å². The first kappa shape index (κ1) is 36.6. The van der Waals surface area contributed by atoms with E-state index in [-0.39, 0.29) is 6.04 Å². The average Bonchev–Trinajstić information content (AvgIpc) is 4.11. The molecule has 5 heteroatoms. The molecule has 1 aliphatic carbocycles. The van der Waals surface area contributed by atoms with Gasteiger partial charge < -0.3 is 18.6 Å². The first-order valence-corrected chi connectivity index (χ1v) is 22.7. The van der Waals surface area contributed by atoms with Gasteiger partial charge in [-0.3, -0.25) is 0 Å². The predicted octanol–water partition coefficient (Wildman–Crippen LogP) is 15.0. The molecule has 0 amide bonds. The Kier molecular flexibility index (Phi) is 7.81. The van der Waals surface area contributed by atoms with Crippen molar-refractivity contribution in [3.63, 3.8) is 0 Å². The van der Waals surface area contributed by atoms with E-state index in [0.29, 0.717) is 5.56 Å². The van der Waals surface area contributed by atoms with Crippen molar-refractivity contribution in [2.24, 2.45) is 0 Å². The minimum atomic E-state index is -0.0513. The molecule has 66 heavy (non-hydrogen) atoms. The molecular formula is C61H39N5. The lowest BCUT2D eigenvalue weighted by Gasteiger charge is -2.32. The third-order valence-corrected chi connectivity index (χ3v) is 14.2. The van der Waals surface area contributed by atoms with E-state index in [9.17, 15) is 5.26 Å². The summed E-state index contributed by atoms with van der Waals surface area (Å²) in [5, 5.41) is 17.7. The number of anilines is 2. The lowest BCUT2D eigenvalue weighted by Crippen LogP contribution is -2.31. The monoisotopic (exact) mass is 841 g/mol. The molecule has 5 nitrogen and oxygen atoms in total. The Morgan fingerprint density at radius 3 is 1.74 bits per heavy atom. The largest absolute Gasteiger partial charge is 0.332 e. The number of rotatable bonds is 5. The maximum atomic E-state index is 11.9. The Morgan fingerprint density at radius 1 is 0.439 bits per heavy atom. The van der Waals surface area contributed by atoms with Crippen molar-refractivity contribution in [2.75, 3.05) is 4.90 Å². The zero-order valence-electron chi connectivity index (χ0n) is 35.8. The summed E-state index contributed by atoms with van der Waals surface area (Å²) in [4.78, 5) is 2.48. The van der Waals surface area contributed by atoms with E-state index >= 15 is 0 Å². The number of benzene rings is 9. The molecule has 0 bridgehead atoms. The molecule has 1 unspecified atom stereocenters. The molecule has 2 aliphatic rings. The lowest BCUT2D eigenvalue weighted by atomic mass is 9.88. The first-order valence-electron chi connectivity index (χ1n) is 22.7. The van der Waals surface area contributed by atoms with E-state index in [4.69, 9.17) is 0 Å². The number of nitrogens with zero attached hydrogens (tertiary/aromatic N) is 5. The van der Waals surface area contributed by atoms with Crippen molar-refractivity contribution in [1.82, 2.24) is 13.7 Å². The minimum absolute atomic E-state index is 0.0513. The van der Waals surface area contributed by atoms with Crippen LogP contribution in [0, 0.1) is 11.3 Å². The lowest BCUT2D eigenvalue weighted by molar-refractivity contribution is 0.805. The molecule has 0 saturated heterocycles. The fourth-order valence-electron chi connectivity index (χ4n) is 11.5. The van der Waals surface area contributed by atoms with Gasteiger partial charge in [0, 0.05) is 56.0 Å². The zero-order valence-corrected chi connectivity index (χ0v) is 35.8. The van der Waals surface area contributed by atoms with Gasteiger partial charge in [0.15, 0.2) is 0 Å². The van der Waals surface area contributed by atoms with E-state index in [1.165, 1.54) is 38.7 Å². The summed E-state index contributed by atoms with van der Waals surface area (Å²) in [5.74, 6) is 0. The van der Waals surface area contributed by atoms with Crippen LogP contribution in [-0.2, 0) is 6.42 Å². The fourth-order valence-corrected chi connectivity index (χ4v) is 11.5. The second-order valence-electron chi connectivity index (χ2n) is 17.5. The summed E-state index contributed by atoms with van der Waals surface area (Å²) >= 11 is 0. The number of hydrogen-bond donors (Lipinski definition) is 0. The van der Waals surface area contributed by atoms with Crippen molar-refractivity contribution in [3.8, 4) is 34.3 Å². The molecule has 1 atom stereocenters. The predicted molar refractivity (Wildman–Crippen MR) is 272 cm³/mol. The van der Waals surface area contributed by atoms with Crippen LogP contribution >= 0.6 is 0 Å². The highest BCUT2D eigenvalue weighted by atomic mass is 15.2. The number of nitriles is 1. The Balaban J connectivity index is 1.08. The molecule has 3 aromatic heterocycles. The number of para-hydroxylation sites is 6. The van der Waals surface area contributed by atoms with Crippen molar-refractivity contribution in [3.05, 3.63) is 235 Å². The van der Waals surface area contributed by atoms with E-state index in [1.807, 2.05) is 0 Å². The van der Waals surface area contributed by atoms with Gasteiger partial charge in [-0.05, 0) is 95.1 Å². The molecule has 1 aliphatic heterocycles. The van der Waals surface area contributed by atoms with Gasteiger partial charge in [-0.1, -0.05) is 146 Å². The molecule has 0 fully saturated rings. The van der Waals surface area contributed by atoms with Crippen LogP contribution in [-0.4, -0.2) is 19.7 Å². The first-order chi connectivity index (χ1) is 32.7. The second-order valence-corrected chi connectivity index (χ2v) is 17.5. The van der Waals surface area contributed by atoms with Gasteiger partial charge >= 0.3 is 0 Å². The molecule has 0 radical (unpaired) electrons. The number of aromatic nitrogens is 3. The fraction of sp³-hybridized carbons (Fsp3) is 0.0328. The van der Waals surface area contributed by atoms with E-state index < -0.39 is 0 Å². The zero-order chi connectivity index (χ0) is 43.5. The van der Waals surface area contributed by atoms with Gasteiger partial charge in [-0.15, -0.1) is 0 Å². The summed E-state index contributed by atoms with van der Waals surface area (Å²) in [6.45, 7) is 0. The van der Waals surface area contributed by atoms with Crippen molar-refractivity contribution in [1.29, 1.82) is 5.26 Å². The molecule has 308 valence electrons. The smallest absolute Gasteiger partial charge is 0.104 e. The minimum Gasteiger partial charge on any atom is -0.332 e. The topological polar surface area (TPSA) is 41.8 Å². The third kappa shape index (κ3) is 5.10. The van der Waals surface area contributed by atoms with Crippen LogP contribution < -0.4 is 4.90 Å². The Morgan fingerprint density at radius 2 is 1.02 bits per heavy atom. The molecule has 0 saturated carbocycles.